The molecule has 29 heavy (non-hydrogen) atoms. The number of aldehydes is 2. The zero-order chi connectivity index (χ0) is 21.4. The van der Waals surface area contributed by atoms with E-state index in [1.165, 1.54) is 17.0 Å². The predicted molar refractivity (Wildman–Crippen MR) is 116 cm³/mol. The second kappa shape index (κ2) is 10.7. The van der Waals surface area contributed by atoms with Crippen molar-refractivity contribution in [1.82, 2.24) is 10.2 Å². The van der Waals surface area contributed by atoms with Crippen LogP contribution in [-0.2, 0) is 9.59 Å². The van der Waals surface area contributed by atoms with Crippen molar-refractivity contribution in [2.45, 2.75) is 37.5 Å². The lowest BCUT2D eigenvalue weighted by atomic mass is 10.1. The molecule has 1 amide bonds. The van der Waals surface area contributed by atoms with E-state index in [1.807, 2.05) is 5.41 Å². The van der Waals surface area contributed by atoms with Gasteiger partial charge in [-0.25, -0.2) is 0 Å². The van der Waals surface area contributed by atoms with Gasteiger partial charge in [-0.3, -0.25) is 14.4 Å². The van der Waals surface area contributed by atoms with Crippen molar-refractivity contribution in [2.24, 2.45) is 0 Å². The Hall–Kier alpha value is -2.74. The minimum Gasteiger partial charge on any atom is -0.505 e. The van der Waals surface area contributed by atoms with Crippen molar-refractivity contribution < 1.29 is 19.5 Å². The average molecular weight is 418 g/mol. The standard InChI is InChI=1S/C21H27N3O4S/c1-4-7-15(19-10-6-11-29-19)22-17(12-25)18(13-26)23-16-9-5-8-14(20(16)27)21(28)24(2)3/h5-6,8-9,11-13,15,19,22-23,27H,4,7,10H2,1-3H3/b18-17-. The molecule has 0 fully saturated rings. The number of aromatic hydroxyl groups is 1. The first-order valence-corrected chi connectivity index (χ1v) is 10.4. The smallest absolute Gasteiger partial charge is 0.257 e. The van der Waals surface area contributed by atoms with Gasteiger partial charge in [-0.2, -0.15) is 0 Å². The Morgan fingerprint density at radius 2 is 2.03 bits per heavy atom. The first-order chi connectivity index (χ1) is 13.9. The molecule has 0 aliphatic carbocycles. The summed E-state index contributed by atoms with van der Waals surface area (Å²) in [4.78, 5) is 37.0. The number of hydrogen-bond donors (Lipinski definition) is 3. The number of anilines is 1. The summed E-state index contributed by atoms with van der Waals surface area (Å²) in [6.45, 7) is 2.07. The summed E-state index contributed by atoms with van der Waals surface area (Å²) in [5.41, 5.74) is 0.393. The van der Waals surface area contributed by atoms with Gasteiger partial charge in [0.1, 0.15) is 11.4 Å². The third-order valence-electron chi connectivity index (χ3n) is 4.58. The third kappa shape index (κ3) is 5.63. The number of phenols is 1. The third-order valence-corrected chi connectivity index (χ3v) is 5.80. The van der Waals surface area contributed by atoms with Crippen LogP contribution in [0.15, 0.2) is 41.1 Å². The summed E-state index contributed by atoms with van der Waals surface area (Å²) in [6.07, 6.45) is 5.89. The van der Waals surface area contributed by atoms with E-state index < -0.39 is 0 Å². The number of carbonyl (C=O) groups is 3. The van der Waals surface area contributed by atoms with Crippen LogP contribution in [-0.4, -0.2) is 53.9 Å². The topological polar surface area (TPSA) is 98.7 Å². The molecule has 2 unspecified atom stereocenters. The fraction of sp³-hybridized carbons (Fsp3) is 0.381. The second-order valence-corrected chi connectivity index (χ2v) is 8.06. The van der Waals surface area contributed by atoms with Crippen molar-refractivity contribution >= 4 is 35.9 Å². The SMILES string of the molecule is CCCC(N/C(C=O)=C(/C=O)Nc1cccc(C(=O)N(C)C)c1O)C1CC=CS1. The molecule has 156 valence electrons. The second-order valence-electron chi connectivity index (χ2n) is 6.91. The highest BCUT2D eigenvalue weighted by Crippen LogP contribution is 2.31. The molecule has 1 aromatic carbocycles. The summed E-state index contributed by atoms with van der Waals surface area (Å²) < 4.78 is 0. The fourth-order valence-corrected chi connectivity index (χ4v) is 4.10. The summed E-state index contributed by atoms with van der Waals surface area (Å²) in [6, 6.07) is 4.64. The Bertz CT molecular complexity index is 812. The van der Waals surface area contributed by atoms with E-state index in [4.69, 9.17) is 0 Å². The van der Waals surface area contributed by atoms with E-state index in [1.54, 1.807) is 31.9 Å². The predicted octanol–water partition coefficient (Wildman–Crippen LogP) is 2.89. The molecule has 2 rings (SSSR count). The molecule has 1 aliphatic rings. The number of hydrogen-bond acceptors (Lipinski definition) is 7. The van der Waals surface area contributed by atoms with E-state index in [0.717, 1.165) is 19.3 Å². The Balaban J connectivity index is 2.30. The maximum Gasteiger partial charge on any atom is 0.257 e. The number of nitrogens with one attached hydrogen (secondary N) is 2. The Kier molecular flexibility index (Phi) is 8.33. The molecule has 0 radical (unpaired) electrons. The van der Waals surface area contributed by atoms with Crippen LogP contribution >= 0.6 is 11.8 Å². The molecule has 0 saturated heterocycles. The van der Waals surface area contributed by atoms with Crippen molar-refractivity contribution in [1.29, 1.82) is 0 Å². The monoisotopic (exact) mass is 417 g/mol. The molecule has 7 nitrogen and oxygen atoms in total. The number of allylic oxidation sites excluding steroid dienone is 3. The molecule has 0 saturated carbocycles. The van der Waals surface area contributed by atoms with Gasteiger partial charge in [-0.1, -0.05) is 25.5 Å². The lowest BCUT2D eigenvalue weighted by Gasteiger charge is -2.25. The number of rotatable bonds is 10. The summed E-state index contributed by atoms with van der Waals surface area (Å²) in [5, 5.41) is 18.8. The van der Waals surface area contributed by atoms with Gasteiger partial charge < -0.3 is 20.6 Å². The van der Waals surface area contributed by atoms with Crippen LogP contribution in [0.25, 0.3) is 0 Å². The Morgan fingerprint density at radius 1 is 1.31 bits per heavy atom. The number of carbonyl (C=O) groups excluding carboxylic acids is 3. The van der Waals surface area contributed by atoms with Crippen LogP contribution in [0.2, 0.25) is 0 Å². The molecule has 0 bridgehead atoms. The minimum absolute atomic E-state index is 0.00168. The summed E-state index contributed by atoms with van der Waals surface area (Å²) in [5.74, 6) is -0.651. The lowest BCUT2D eigenvalue weighted by molar-refractivity contribution is -0.107. The maximum atomic E-state index is 12.2. The number of para-hydroxylation sites is 1. The van der Waals surface area contributed by atoms with Gasteiger partial charge in [-0.05, 0) is 30.4 Å². The van der Waals surface area contributed by atoms with Crippen LogP contribution in [0.1, 0.15) is 36.5 Å². The van der Waals surface area contributed by atoms with Crippen LogP contribution in [0, 0.1) is 0 Å². The highest BCUT2D eigenvalue weighted by atomic mass is 32.2. The van der Waals surface area contributed by atoms with Crippen molar-refractivity contribution in [3.05, 3.63) is 46.6 Å². The molecule has 3 N–H and O–H groups in total. The Labute approximate surface area is 175 Å². The lowest BCUT2D eigenvalue weighted by Crippen LogP contribution is -2.38. The van der Waals surface area contributed by atoms with Gasteiger partial charge in [0.2, 0.25) is 0 Å². The molecule has 1 heterocycles. The summed E-state index contributed by atoms with van der Waals surface area (Å²) in [7, 11) is 3.16. The van der Waals surface area contributed by atoms with Gasteiger partial charge in [0.15, 0.2) is 18.3 Å². The molecule has 2 atom stereocenters. The van der Waals surface area contributed by atoms with Crippen molar-refractivity contribution in [3.63, 3.8) is 0 Å². The molecular formula is C21H27N3O4S. The zero-order valence-electron chi connectivity index (χ0n) is 16.8. The molecule has 0 aromatic heterocycles. The maximum absolute atomic E-state index is 12.2. The molecule has 1 aliphatic heterocycles. The largest absolute Gasteiger partial charge is 0.505 e. The average Bonchev–Trinajstić information content (AvgIpc) is 3.25. The van der Waals surface area contributed by atoms with E-state index in [-0.39, 0.29) is 45.6 Å². The van der Waals surface area contributed by atoms with E-state index >= 15 is 0 Å². The van der Waals surface area contributed by atoms with Gasteiger partial charge in [0.25, 0.3) is 5.91 Å². The normalized spacial score (nSPS) is 17.3. The molecular weight excluding hydrogens is 390 g/mol. The number of benzene rings is 1. The highest BCUT2D eigenvalue weighted by Gasteiger charge is 2.24. The van der Waals surface area contributed by atoms with Crippen molar-refractivity contribution in [3.8, 4) is 5.75 Å². The van der Waals surface area contributed by atoms with Gasteiger partial charge in [0.05, 0.1) is 11.3 Å². The zero-order valence-corrected chi connectivity index (χ0v) is 17.7. The highest BCUT2D eigenvalue weighted by molar-refractivity contribution is 8.03. The molecule has 0 spiro atoms. The van der Waals surface area contributed by atoms with E-state index in [0.29, 0.717) is 12.6 Å². The molecule has 1 aromatic rings. The Morgan fingerprint density at radius 3 is 2.59 bits per heavy atom. The van der Waals surface area contributed by atoms with E-state index in [2.05, 4.69) is 23.6 Å². The summed E-state index contributed by atoms with van der Waals surface area (Å²) >= 11 is 1.70. The number of phenolic OH excluding ortho intramolecular Hbond substituents is 1. The van der Waals surface area contributed by atoms with Gasteiger partial charge >= 0.3 is 0 Å². The van der Waals surface area contributed by atoms with Crippen molar-refractivity contribution in [2.75, 3.05) is 19.4 Å². The first-order valence-electron chi connectivity index (χ1n) is 9.45. The number of nitrogens with zero attached hydrogens (tertiary/aromatic N) is 1. The van der Waals surface area contributed by atoms with Crippen LogP contribution < -0.4 is 10.6 Å². The number of amides is 1. The van der Waals surface area contributed by atoms with Crippen LogP contribution in [0.4, 0.5) is 5.69 Å². The van der Waals surface area contributed by atoms with E-state index in [9.17, 15) is 19.5 Å². The van der Waals surface area contributed by atoms with Gasteiger partial charge in [0, 0.05) is 25.4 Å². The first kappa shape index (κ1) is 22.5. The quantitative estimate of drug-likeness (QED) is 0.306. The van der Waals surface area contributed by atoms with Crippen LogP contribution in [0.3, 0.4) is 0 Å². The minimum atomic E-state index is -0.370. The number of thioether (sulfide) groups is 1. The molecule has 8 heteroatoms. The fourth-order valence-electron chi connectivity index (χ4n) is 3.06. The van der Waals surface area contributed by atoms with Gasteiger partial charge in [-0.15, -0.1) is 11.8 Å². The van der Waals surface area contributed by atoms with Crippen LogP contribution in [0.5, 0.6) is 5.75 Å².